The number of hydrogen-bond donors (Lipinski definition) is 1. The lowest BCUT2D eigenvalue weighted by Gasteiger charge is -2.15. The van der Waals surface area contributed by atoms with Crippen molar-refractivity contribution in [1.29, 1.82) is 0 Å². The number of sulfone groups is 1. The first-order valence-electron chi connectivity index (χ1n) is 5.45. The van der Waals surface area contributed by atoms with Crippen molar-refractivity contribution in [1.82, 2.24) is 0 Å². The Labute approximate surface area is 107 Å². The minimum Gasteiger partial charge on any atom is -0.497 e. The Morgan fingerprint density at radius 2 is 1.94 bits per heavy atom. The Bertz CT molecular complexity index is 495. The fourth-order valence-electron chi connectivity index (χ4n) is 1.57. The molecule has 0 saturated heterocycles. The summed E-state index contributed by atoms with van der Waals surface area (Å²) in [6, 6.07) is 5.02. The van der Waals surface area contributed by atoms with Crippen LogP contribution in [-0.4, -0.2) is 39.8 Å². The van der Waals surface area contributed by atoms with Crippen molar-refractivity contribution in [2.24, 2.45) is 0 Å². The second-order valence-corrected chi connectivity index (χ2v) is 6.30. The molecule has 5 nitrogen and oxygen atoms in total. The Kier molecular flexibility index (Phi) is 4.98. The number of aliphatic hydroxyl groups excluding tert-OH is 1. The van der Waals surface area contributed by atoms with Gasteiger partial charge in [-0.1, -0.05) is 0 Å². The van der Waals surface area contributed by atoms with Crippen molar-refractivity contribution in [3.05, 3.63) is 23.8 Å². The van der Waals surface area contributed by atoms with Crippen molar-refractivity contribution < 1.29 is 23.0 Å². The van der Waals surface area contributed by atoms with Crippen LogP contribution in [0.3, 0.4) is 0 Å². The van der Waals surface area contributed by atoms with E-state index in [-0.39, 0.29) is 12.2 Å². The fourth-order valence-corrected chi connectivity index (χ4v) is 2.23. The highest BCUT2D eigenvalue weighted by Crippen LogP contribution is 2.31. The molecule has 0 aliphatic rings. The minimum absolute atomic E-state index is 0.0661. The van der Waals surface area contributed by atoms with E-state index in [2.05, 4.69) is 0 Å². The van der Waals surface area contributed by atoms with Gasteiger partial charge in [0.15, 0.2) is 0 Å². The molecule has 1 N–H and O–H groups in total. The number of rotatable bonds is 6. The molecule has 1 aromatic rings. The number of aliphatic hydroxyl groups is 1. The van der Waals surface area contributed by atoms with Crippen LogP contribution in [0, 0.1) is 0 Å². The number of ether oxygens (including phenoxy) is 2. The topological polar surface area (TPSA) is 72.8 Å². The van der Waals surface area contributed by atoms with Crippen molar-refractivity contribution >= 4 is 9.84 Å². The number of methoxy groups -OCH3 is 2. The predicted octanol–water partition coefficient (Wildman–Crippen LogP) is 1.17. The standard InChI is InChI=1S/C12H18O5S/c1-16-9-4-5-10(12(8-9)17-2)11(13)6-7-18(3,14)15/h4-5,8,11,13H,6-7H2,1-3H3. The zero-order valence-corrected chi connectivity index (χ0v) is 11.5. The van der Waals surface area contributed by atoms with Gasteiger partial charge in [0.2, 0.25) is 0 Å². The summed E-state index contributed by atoms with van der Waals surface area (Å²) >= 11 is 0. The molecule has 102 valence electrons. The summed E-state index contributed by atoms with van der Waals surface area (Å²) in [7, 11) is -0.0612. The van der Waals surface area contributed by atoms with Gasteiger partial charge < -0.3 is 14.6 Å². The quantitative estimate of drug-likeness (QED) is 0.843. The molecule has 0 heterocycles. The van der Waals surface area contributed by atoms with Crippen LogP contribution in [0.5, 0.6) is 11.5 Å². The SMILES string of the molecule is COc1ccc(C(O)CCS(C)(=O)=O)c(OC)c1. The molecule has 1 atom stereocenters. The molecule has 1 aromatic carbocycles. The van der Waals surface area contributed by atoms with Gasteiger partial charge in [-0.2, -0.15) is 0 Å². The first-order valence-corrected chi connectivity index (χ1v) is 7.51. The maximum atomic E-state index is 11.1. The monoisotopic (exact) mass is 274 g/mol. The van der Waals surface area contributed by atoms with E-state index in [1.807, 2.05) is 0 Å². The molecule has 1 rings (SSSR count). The predicted molar refractivity (Wildman–Crippen MR) is 68.8 cm³/mol. The van der Waals surface area contributed by atoms with Crippen molar-refractivity contribution in [2.45, 2.75) is 12.5 Å². The average molecular weight is 274 g/mol. The van der Waals surface area contributed by atoms with Crippen LogP contribution in [0.4, 0.5) is 0 Å². The van der Waals surface area contributed by atoms with Gasteiger partial charge in [-0.25, -0.2) is 8.42 Å². The molecule has 1 unspecified atom stereocenters. The van der Waals surface area contributed by atoms with E-state index in [0.29, 0.717) is 17.1 Å². The fraction of sp³-hybridized carbons (Fsp3) is 0.500. The van der Waals surface area contributed by atoms with E-state index in [1.54, 1.807) is 18.2 Å². The molecule has 6 heteroatoms. The van der Waals surface area contributed by atoms with Gasteiger partial charge in [0.05, 0.1) is 26.1 Å². The molecule has 0 radical (unpaired) electrons. The smallest absolute Gasteiger partial charge is 0.147 e. The molecule has 0 bridgehead atoms. The lowest BCUT2D eigenvalue weighted by Crippen LogP contribution is -2.09. The molecule has 0 amide bonds. The molecule has 0 fully saturated rings. The molecule has 0 aromatic heterocycles. The first kappa shape index (κ1) is 14.8. The van der Waals surface area contributed by atoms with Gasteiger partial charge >= 0.3 is 0 Å². The largest absolute Gasteiger partial charge is 0.497 e. The summed E-state index contributed by atoms with van der Waals surface area (Å²) in [5.74, 6) is 1.03. The molecule has 0 aliphatic heterocycles. The maximum Gasteiger partial charge on any atom is 0.147 e. The summed E-state index contributed by atoms with van der Waals surface area (Å²) in [4.78, 5) is 0. The lowest BCUT2D eigenvalue weighted by atomic mass is 10.1. The molecular formula is C12H18O5S. The Hall–Kier alpha value is -1.27. The zero-order valence-electron chi connectivity index (χ0n) is 10.7. The van der Waals surface area contributed by atoms with Gasteiger partial charge in [0, 0.05) is 17.9 Å². The molecule has 0 saturated carbocycles. The van der Waals surface area contributed by atoms with Gasteiger partial charge in [0.25, 0.3) is 0 Å². The Morgan fingerprint density at radius 1 is 1.28 bits per heavy atom. The molecule has 0 aliphatic carbocycles. The number of hydrogen-bond acceptors (Lipinski definition) is 5. The van der Waals surface area contributed by atoms with Crippen LogP contribution in [0.2, 0.25) is 0 Å². The second kappa shape index (κ2) is 6.06. The van der Waals surface area contributed by atoms with E-state index < -0.39 is 15.9 Å². The van der Waals surface area contributed by atoms with E-state index in [4.69, 9.17) is 9.47 Å². The Morgan fingerprint density at radius 3 is 2.44 bits per heavy atom. The summed E-state index contributed by atoms with van der Waals surface area (Å²) in [6.07, 6.45) is 0.410. The van der Waals surface area contributed by atoms with Crippen molar-refractivity contribution in [3.8, 4) is 11.5 Å². The van der Waals surface area contributed by atoms with E-state index in [0.717, 1.165) is 6.26 Å². The van der Waals surface area contributed by atoms with Crippen LogP contribution in [0.25, 0.3) is 0 Å². The third-order valence-electron chi connectivity index (χ3n) is 2.56. The summed E-state index contributed by atoms with van der Waals surface area (Å²) in [6.45, 7) is 0. The summed E-state index contributed by atoms with van der Waals surface area (Å²) < 4.78 is 32.3. The van der Waals surface area contributed by atoms with Crippen LogP contribution >= 0.6 is 0 Å². The van der Waals surface area contributed by atoms with Gasteiger partial charge in [-0.05, 0) is 18.6 Å². The molecular weight excluding hydrogens is 256 g/mol. The van der Waals surface area contributed by atoms with Gasteiger partial charge in [-0.15, -0.1) is 0 Å². The first-order chi connectivity index (χ1) is 8.37. The van der Waals surface area contributed by atoms with Crippen LogP contribution in [-0.2, 0) is 9.84 Å². The molecule has 18 heavy (non-hydrogen) atoms. The zero-order chi connectivity index (χ0) is 13.8. The van der Waals surface area contributed by atoms with Crippen molar-refractivity contribution in [2.75, 3.05) is 26.2 Å². The van der Waals surface area contributed by atoms with Gasteiger partial charge in [0.1, 0.15) is 21.3 Å². The van der Waals surface area contributed by atoms with Crippen LogP contribution in [0.15, 0.2) is 18.2 Å². The normalized spacial score (nSPS) is 13.1. The summed E-state index contributed by atoms with van der Waals surface area (Å²) in [5.41, 5.74) is 0.557. The number of benzene rings is 1. The lowest BCUT2D eigenvalue weighted by molar-refractivity contribution is 0.170. The highest BCUT2D eigenvalue weighted by molar-refractivity contribution is 7.90. The highest BCUT2D eigenvalue weighted by atomic mass is 32.2. The van der Waals surface area contributed by atoms with Gasteiger partial charge in [-0.3, -0.25) is 0 Å². The van der Waals surface area contributed by atoms with Crippen LogP contribution in [0.1, 0.15) is 18.1 Å². The molecule has 0 spiro atoms. The third-order valence-corrected chi connectivity index (χ3v) is 3.54. The highest BCUT2D eigenvalue weighted by Gasteiger charge is 2.16. The minimum atomic E-state index is -3.09. The summed E-state index contributed by atoms with van der Waals surface area (Å²) in [5, 5.41) is 9.97. The van der Waals surface area contributed by atoms with E-state index in [1.165, 1.54) is 14.2 Å². The van der Waals surface area contributed by atoms with E-state index >= 15 is 0 Å². The average Bonchev–Trinajstić information content (AvgIpc) is 2.34. The maximum absolute atomic E-state index is 11.1. The second-order valence-electron chi connectivity index (χ2n) is 4.04. The van der Waals surface area contributed by atoms with Crippen LogP contribution < -0.4 is 9.47 Å². The van der Waals surface area contributed by atoms with E-state index in [9.17, 15) is 13.5 Å². The Balaban J connectivity index is 2.88. The third kappa shape index (κ3) is 4.19. The van der Waals surface area contributed by atoms with Crippen molar-refractivity contribution in [3.63, 3.8) is 0 Å².